The summed E-state index contributed by atoms with van der Waals surface area (Å²) >= 11 is 0. The van der Waals surface area contributed by atoms with Gasteiger partial charge < -0.3 is 20.1 Å². The largest absolute Gasteiger partial charge is 0.361 e. The first kappa shape index (κ1) is 23.2. The zero-order chi connectivity index (χ0) is 17.2. The fourth-order valence-electron chi connectivity index (χ4n) is 2.41. The fraction of sp³-hybridized carbons (Fsp3) is 0.765. The molecule has 0 aromatic carbocycles. The van der Waals surface area contributed by atoms with Gasteiger partial charge in [-0.15, -0.1) is 24.0 Å². The molecule has 0 bridgehead atoms. The van der Waals surface area contributed by atoms with Gasteiger partial charge >= 0.3 is 0 Å². The SMILES string of the molecule is CCc1noc(CC)c1CNC(=NC)NCCN(C)C(C)CC.I. The number of nitrogens with zero attached hydrogens (tertiary/aromatic N) is 3. The van der Waals surface area contributed by atoms with Crippen LogP contribution >= 0.6 is 24.0 Å². The van der Waals surface area contributed by atoms with E-state index in [0.717, 1.165) is 55.3 Å². The summed E-state index contributed by atoms with van der Waals surface area (Å²) in [5.74, 6) is 1.77. The van der Waals surface area contributed by atoms with Crippen LogP contribution in [0.5, 0.6) is 0 Å². The maximum Gasteiger partial charge on any atom is 0.191 e. The Balaban J connectivity index is 0.00000529. The molecule has 24 heavy (non-hydrogen) atoms. The average Bonchev–Trinajstić information content (AvgIpc) is 2.98. The van der Waals surface area contributed by atoms with Gasteiger partial charge in [0.2, 0.25) is 0 Å². The molecule has 0 spiro atoms. The molecule has 0 radical (unpaired) electrons. The van der Waals surface area contributed by atoms with Gasteiger partial charge in [-0.05, 0) is 26.8 Å². The van der Waals surface area contributed by atoms with E-state index in [9.17, 15) is 0 Å². The molecule has 7 heteroatoms. The highest BCUT2D eigenvalue weighted by Crippen LogP contribution is 2.15. The Hall–Kier alpha value is -0.830. The Morgan fingerprint density at radius 1 is 1.25 bits per heavy atom. The lowest BCUT2D eigenvalue weighted by molar-refractivity contribution is 0.255. The molecule has 6 nitrogen and oxygen atoms in total. The van der Waals surface area contributed by atoms with E-state index in [0.29, 0.717) is 12.6 Å². The summed E-state index contributed by atoms with van der Waals surface area (Å²) in [6.07, 6.45) is 2.90. The van der Waals surface area contributed by atoms with Crippen molar-refractivity contribution in [1.82, 2.24) is 20.7 Å². The number of likely N-dealkylation sites (N-methyl/N-ethyl adjacent to an activating group) is 1. The topological polar surface area (TPSA) is 65.7 Å². The van der Waals surface area contributed by atoms with Gasteiger partial charge in [-0.25, -0.2) is 0 Å². The lowest BCUT2D eigenvalue weighted by Crippen LogP contribution is -2.42. The third-order valence-electron chi connectivity index (χ3n) is 4.36. The Morgan fingerprint density at radius 2 is 1.96 bits per heavy atom. The van der Waals surface area contributed by atoms with Crippen LogP contribution in [0.3, 0.4) is 0 Å². The third-order valence-corrected chi connectivity index (χ3v) is 4.36. The predicted octanol–water partition coefficient (Wildman–Crippen LogP) is 2.81. The van der Waals surface area contributed by atoms with Crippen molar-refractivity contribution in [2.75, 3.05) is 27.2 Å². The van der Waals surface area contributed by atoms with Gasteiger partial charge in [-0.2, -0.15) is 0 Å². The molecule has 1 heterocycles. The smallest absolute Gasteiger partial charge is 0.191 e. The van der Waals surface area contributed by atoms with Crippen molar-refractivity contribution in [2.45, 2.75) is 59.5 Å². The molecule has 0 aliphatic carbocycles. The zero-order valence-corrected chi connectivity index (χ0v) is 18.3. The Labute approximate surface area is 163 Å². The monoisotopic (exact) mass is 451 g/mol. The lowest BCUT2D eigenvalue weighted by atomic mass is 10.1. The molecule has 1 rings (SSSR count). The molecule has 0 amide bonds. The minimum Gasteiger partial charge on any atom is -0.361 e. The van der Waals surface area contributed by atoms with Crippen molar-refractivity contribution < 1.29 is 4.52 Å². The van der Waals surface area contributed by atoms with E-state index in [-0.39, 0.29) is 24.0 Å². The van der Waals surface area contributed by atoms with Crippen molar-refractivity contribution in [1.29, 1.82) is 0 Å². The molecule has 0 saturated heterocycles. The number of guanidine groups is 1. The Kier molecular flexibility index (Phi) is 12.1. The van der Waals surface area contributed by atoms with Crippen molar-refractivity contribution in [2.24, 2.45) is 4.99 Å². The van der Waals surface area contributed by atoms with Crippen LogP contribution in [0.1, 0.15) is 51.1 Å². The van der Waals surface area contributed by atoms with Gasteiger partial charge in [0.1, 0.15) is 5.76 Å². The molecule has 0 fully saturated rings. The van der Waals surface area contributed by atoms with E-state index >= 15 is 0 Å². The summed E-state index contributed by atoms with van der Waals surface area (Å²) in [6, 6.07) is 0.600. The summed E-state index contributed by atoms with van der Waals surface area (Å²) in [6.45, 7) is 11.2. The van der Waals surface area contributed by atoms with Crippen molar-refractivity contribution >= 4 is 29.9 Å². The first-order valence-corrected chi connectivity index (χ1v) is 8.68. The number of hydrogen-bond acceptors (Lipinski definition) is 4. The molecular weight excluding hydrogens is 417 g/mol. The number of hydrogen-bond donors (Lipinski definition) is 2. The van der Waals surface area contributed by atoms with Gasteiger partial charge in [0.25, 0.3) is 0 Å². The standard InChI is InChI=1S/C17H33N5O.HI/c1-7-13(4)22(6)11-10-19-17(18-5)20-12-14-15(8-2)21-23-16(14)9-3;/h13H,7-12H2,1-6H3,(H2,18,19,20);1H. The first-order valence-electron chi connectivity index (χ1n) is 8.68. The lowest BCUT2D eigenvalue weighted by Gasteiger charge is -2.24. The van der Waals surface area contributed by atoms with Gasteiger partial charge in [-0.1, -0.05) is 25.9 Å². The highest BCUT2D eigenvalue weighted by molar-refractivity contribution is 14.0. The molecule has 1 aromatic heterocycles. The van der Waals surface area contributed by atoms with Crippen LogP contribution in [0.2, 0.25) is 0 Å². The van der Waals surface area contributed by atoms with E-state index in [4.69, 9.17) is 4.52 Å². The minimum absolute atomic E-state index is 0. The van der Waals surface area contributed by atoms with Gasteiger partial charge in [0.15, 0.2) is 5.96 Å². The van der Waals surface area contributed by atoms with Crippen LogP contribution in [0.15, 0.2) is 9.52 Å². The second-order valence-corrected chi connectivity index (χ2v) is 5.83. The van der Waals surface area contributed by atoms with E-state index in [1.807, 2.05) is 0 Å². The highest BCUT2D eigenvalue weighted by Gasteiger charge is 2.13. The summed E-state index contributed by atoms with van der Waals surface area (Å²) in [4.78, 5) is 6.64. The summed E-state index contributed by atoms with van der Waals surface area (Å²) in [5.41, 5.74) is 2.19. The molecule has 140 valence electrons. The maximum atomic E-state index is 5.40. The molecule has 1 atom stereocenters. The maximum absolute atomic E-state index is 5.40. The van der Waals surface area contributed by atoms with Crippen LogP contribution in [0, 0.1) is 0 Å². The number of rotatable bonds is 9. The second-order valence-electron chi connectivity index (χ2n) is 5.83. The van der Waals surface area contributed by atoms with Crippen LogP contribution < -0.4 is 10.6 Å². The van der Waals surface area contributed by atoms with Crippen LogP contribution in [0.4, 0.5) is 0 Å². The average molecular weight is 451 g/mol. The molecule has 1 aromatic rings. The molecule has 0 aliphatic heterocycles. The van der Waals surface area contributed by atoms with Gasteiger partial charge in [0.05, 0.1) is 5.69 Å². The molecule has 0 saturated carbocycles. The van der Waals surface area contributed by atoms with E-state index in [2.05, 4.69) is 60.4 Å². The number of aliphatic imine (C=N–C) groups is 1. The Bertz CT molecular complexity index is 468. The summed E-state index contributed by atoms with van der Waals surface area (Å²) in [7, 11) is 3.95. The number of aromatic nitrogens is 1. The predicted molar refractivity (Wildman–Crippen MR) is 111 cm³/mol. The Morgan fingerprint density at radius 3 is 2.50 bits per heavy atom. The second kappa shape index (κ2) is 12.5. The van der Waals surface area contributed by atoms with E-state index in [1.54, 1.807) is 7.05 Å². The van der Waals surface area contributed by atoms with Crippen molar-refractivity contribution in [3.63, 3.8) is 0 Å². The van der Waals surface area contributed by atoms with Crippen molar-refractivity contribution in [3.05, 3.63) is 17.0 Å². The number of aryl methyl sites for hydroxylation is 2. The number of halogens is 1. The summed E-state index contributed by atoms with van der Waals surface area (Å²) < 4.78 is 5.40. The quantitative estimate of drug-likeness (QED) is 0.344. The van der Waals surface area contributed by atoms with Gasteiger partial charge in [-0.3, -0.25) is 4.99 Å². The molecule has 2 N–H and O–H groups in total. The summed E-state index contributed by atoms with van der Waals surface area (Å²) in [5, 5.41) is 10.9. The third kappa shape index (κ3) is 6.96. The van der Waals surface area contributed by atoms with Crippen molar-refractivity contribution in [3.8, 4) is 0 Å². The normalized spacial score (nSPS) is 12.9. The number of nitrogens with one attached hydrogen (secondary N) is 2. The highest BCUT2D eigenvalue weighted by atomic mass is 127. The molecular formula is C17H34IN5O. The molecule has 1 unspecified atom stereocenters. The van der Waals surface area contributed by atoms with Crippen LogP contribution in [0.25, 0.3) is 0 Å². The van der Waals surface area contributed by atoms with Gasteiger partial charge in [0, 0.05) is 44.7 Å². The van der Waals surface area contributed by atoms with Crippen LogP contribution in [-0.2, 0) is 19.4 Å². The first-order chi connectivity index (χ1) is 11.1. The zero-order valence-electron chi connectivity index (χ0n) is 16.0. The minimum atomic E-state index is 0. The molecule has 0 aliphatic rings. The van der Waals surface area contributed by atoms with Crippen LogP contribution in [-0.4, -0.2) is 49.2 Å². The van der Waals surface area contributed by atoms with E-state index < -0.39 is 0 Å². The van der Waals surface area contributed by atoms with E-state index in [1.165, 1.54) is 0 Å². The fourth-order valence-corrected chi connectivity index (χ4v) is 2.41.